The first-order valence-electron chi connectivity index (χ1n) is 10.9. The number of aromatic nitrogens is 2. The predicted molar refractivity (Wildman–Crippen MR) is 112 cm³/mol. The number of carbonyl (C=O) groups excluding carboxylic acids is 1. The van der Waals surface area contributed by atoms with Crippen molar-refractivity contribution in [2.45, 2.75) is 49.1 Å². The van der Waals surface area contributed by atoms with Crippen LogP contribution in [-0.2, 0) is 36.6 Å². The maximum absolute atomic E-state index is 12.3. The summed E-state index contributed by atoms with van der Waals surface area (Å²) >= 11 is -0.804. The van der Waals surface area contributed by atoms with Gasteiger partial charge in [-0.3, -0.25) is 4.79 Å². The van der Waals surface area contributed by atoms with Crippen molar-refractivity contribution >= 4 is 28.9 Å². The number of ether oxygens (including phenoxy) is 3. The zero-order chi connectivity index (χ0) is 20.5. The summed E-state index contributed by atoms with van der Waals surface area (Å²) in [5.74, 6) is 1.97. The molecule has 0 aliphatic carbocycles. The molecule has 1 atom stereocenters. The highest BCUT2D eigenvalue weighted by Crippen LogP contribution is 2.34. The Morgan fingerprint density at radius 1 is 1.10 bits per heavy atom. The van der Waals surface area contributed by atoms with Crippen LogP contribution in [0.15, 0.2) is 4.90 Å². The normalized spacial score (nSPS) is 25.6. The summed E-state index contributed by atoms with van der Waals surface area (Å²) in [5.41, 5.74) is 0.933. The molecule has 3 fully saturated rings. The Morgan fingerprint density at radius 2 is 1.80 bits per heavy atom. The maximum Gasteiger partial charge on any atom is 0.309 e. The highest BCUT2D eigenvalue weighted by Gasteiger charge is 2.41. The van der Waals surface area contributed by atoms with Crippen molar-refractivity contribution in [3.05, 3.63) is 5.69 Å². The number of rotatable bonds is 5. The van der Waals surface area contributed by atoms with E-state index in [4.69, 9.17) is 24.2 Å². The standard InChI is InChI=1S/C20H29N4O5S/c25-19(13-1-6-27-7-2-13)29-15-11-24(12-15)20-22-16-5-10-30(26)17(16)18(23-20)21-14-3-8-28-9-4-14/h13-15,26H,1-12H2,(H,21,22,23)/q+1. The molecular formula is C20H29N4O5S+. The number of anilines is 2. The van der Waals surface area contributed by atoms with Gasteiger partial charge in [-0.2, -0.15) is 9.54 Å². The van der Waals surface area contributed by atoms with Crippen LogP contribution in [0, 0.1) is 5.92 Å². The van der Waals surface area contributed by atoms with Crippen LogP contribution in [0.3, 0.4) is 0 Å². The van der Waals surface area contributed by atoms with Gasteiger partial charge in [0, 0.05) is 38.9 Å². The molecule has 0 aromatic carbocycles. The summed E-state index contributed by atoms with van der Waals surface area (Å²) in [6, 6.07) is 0.299. The lowest BCUT2D eigenvalue weighted by atomic mass is 10.0. The Balaban J connectivity index is 1.24. The van der Waals surface area contributed by atoms with Crippen molar-refractivity contribution in [2.75, 3.05) is 55.5 Å². The lowest BCUT2D eigenvalue weighted by Crippen LogP contribution is -2.54. The van der Waals surface area contributed by atoms with Crippen molar-refractivity contribution in [1.82, 2.24) is 9.97 Å². The molecule has 1 unspecified atom stereocenters. The molecule has 1 aromatic rings. The van der Waals surface area contributed by atoms with E-state index in [1.165, 1.54) is 0 Å². The van der Waals surface area contributed by atoms with Crippen molar-refractivity contribution in [2.24, 2.45) is 5.92 Å². The quantitative estimate of drug-likeness (QED) is 0.520. The molecular weight excluding hydrogens is 408 g/mol. The van der Waals surface area contributed by atoms with Crippen LogP contribution >= 0.6 is 0 Å². The van der Waals surface area contributed by atoms with Gasteiger partial charge in [-0.15, -0.1) is 0 Å². The first-order valence-corrected chi connectivity index (χ1v) is 12.2. The summed E-state index contributed by atoms with van der Waals surface area (Å²) in [5, 5.41) is 3.53. The molecule has 0 radical (unpaired) electrons. The van der Waals surface area contributed by atoms with Crippen LogP contribution in [0.2, 0.25) is 0 Å². The van der Waals surface area contributed by atoms with Crippen molar-refractivity contribution < 1.29 is 23.6 Å². The van der Waals surface area contributed by atoms with Gasteiger partial charge in [-0.1, -0.05) is 0 Å². The minimum Gasteiger partial charge on any atom is -0.458 e. The predicted octanol–water partition coefficient (Wildman–Crippen LogP) is 1.23. The third kappa shape index (κ3) is 4.23. The molecule has 2 N–H and O–H groups in total. The highest BCUT2D eigenvalue weighted by atomic mass is 32.2. The minimum absolute atomic E-state index is 0.0400. The van der Waals surface area contributed by atoms with Crippen LogP contribution in [0.25, 0.3) is 0 Å². The fourth-order valence-corrected chi connectivity index (χ4v) is 5.68. The first-order chi connectivity index (χ1) is 14.7. The van der Waals surface area contributed by atoms with Gasteiger partial charge in [0.15, 0.2) is 22.7 Å². The number of esters is 1. The van der Waals surface area contributed by atoms with Gasteiger partial charge in [0.2, 0.25) is 5.95 Å². The van der Waals surface area contributed by atoms with Crippen molar-refractivity contribution in [3.8, 4) is 0 Å². The third-order valence-corrected chi connectivity index (χ3v) is 7.71. The third-order valence-electron chi connectivity index (χ3n) is 6.22. The second-order valence-electron chi connectivity index (χ2n) is 8.35. The molecule has 4 aliphatic heterocycles. The molecule has 5 rings (SSSR count). The molecule has 10 heteroatoms. The monoisotopic (exact) mass is 437 g/mol. The lowest BCUT2D eigenvalue weighted by molar-refractivity contribution is -0.158. The van der Waals surface area contributed by atoms with E-state index in [2.05, 4.69) is 5.32 Å². The Hall–Kier alpha value is -1.62. The maximum atomic E-state index is 12.3. The van der Waals surface area contributed by atoms with E-state index in [0.717, 1.165) is 61.7 Å². The van der Waals surface area contributed by atoms with Gasteiger partial charge in [0.05, 0.1) is 19.0 Å². The van der Waals surface area contributed by atoms with Gasteiger partial charge < -0.3 is 24.4 Å². The number of fused-ring (bicyclic) bond motifs is 1. The van der Waals surface area contributed by atoms with Gasteiger partial charge in [0.1, 0.15) is 11.8 Å². The summed E-state index contributed by atoms with van der Waals surface area (Å²) in [6.45, 7) is 3.97. The second-order valence-corrected chi connectivity index (χ2v) is 9.89. The SMILES string of the molecule is O=C(OC1CN(c2nc3c(c(NC4CCOCC4)n2)[S+](O)CC3)C1)C1CCOCC1. The Morgan fingerprint density at radius 3 is 2.53 bits per heavy atom. The smallest absolute Gasteiger partial charge is 0.309 e. The Labute approximate surface area is 179 Å². The lowest BCUT2D eigenvalue weighted by Gasteiger charge is -2.39. The molecule has 164 valence electrons. The zero-order valence-electron chi connectivity index (χ0n) is 17.0. The molecule has 0 amide bonds. The number of aryl methyl sites for hydroxylation is 1. The number of carbonyl (C=O) groups is 1. The van der Waals surface area contributed by atoms with E-state index in [1.54, 1.807) is 0 Å². The molecule has 30 heavy (non-hydrogen) atoms. The summed E-state index contributed by atoms with van der Waals surface area (Å²) in [7, 11) is 0. The van der Waals surface area contributed by atoms with Crippen molar-refractivity contribution in [3.63, 3.8) is 0 Å². The fraction of sp³-hybridized carbons (Fsp3) is 0.750. The van der Waals surface area contributed by atoms with Gasteiger partial charge in [-0.25, -0.2) is 4.98 Å². The number of nitrogens with one attached hydrogen (secondary N) is 1. The van der Waals surface area contributed by atoms with Gasteiger partial charge >= 0.3 is 5.97 Å². The number of hydrogen-bond donors (Lipinski definition) is 2. The second kappa shape index (κ2) is 8.86. The largest absolute Gasteiger partial charge is 0.458 e. The average Bonchev–Trinajstić information content (AvgIpc) is 3.12. The number of nitrogens with zero attached hydrogens (tertiary/aromatic N) is 3. The first kappa shape index (κ1) is 20.3. The number of hydrogen-bond acceptors (Lipinski definition) is 9. The Kier molecular flexibility index (Phi) is 5.99. The summed E-state index contributed by atoms with van der Waals surface area (Å²) in [6.07, 6.45) is 4.00. The van der Waals surface area contributed by atoms with E-state index in [9.17, 15) is 9.35 Å². The van der Waals surface area contributed by atoms with Crippen LogP contribution in [0.1, 0.15) is 31.4 Å². The van der Waals surface area contributed by atoms with Crippen LogP contribution in [0.4, 0.5) is 11.8 Å². The van der Waals surface area contributed by atoms with Crippen molar-refractivity contribution in [1.29, 1.82) is 0 Å². The molecule has 0 bridgehead atoms. The van der Waals surface area contributed by atoms with E-state index in [1.807, 2.05) is 4.90 Å². The van der Waals surface area contributed by atoms with Crippen LogP contribution < -0.4 is 10.2 Å². The van der Waals surface area contributed by atoms with E-state index < -0.39 is 11.2 Å². The molecule has 0 spiro atoms. The minimum atomic E-state index is -0.804. The topological polar surface area (TPSA) is 106 Å². The van der Waals surface area contributed by atoms with E-state index >= 15 is 0 Å². The van der Waals surface area contributed by atoms with Gasteiger partial charge in [-0.05, 0) is 25.7 Å². The van der Waals surface area contributed by atoms with E-state index in [-0.39, 0.29) is 18.0 Å². The van der Waals surface area contributed by atoms with Gasteiger partial charge in [0.25, 0.3) is 4.90 Å². The van der Waals surface area contributed by atoms with E-state index in [0.29, 0.717) is 44.0 Å². The molecule has 4 aliphatic rings. The zero-order valence-corrected chi connectivity index (χ0v) is 17.9. The molecule has 9 nitrogen and oxygen atoms in total. The summed E-state index contributed by atoms with van der Waals surface area (Å²) < 4.78 is 26.9. The molecule has 1 aromatic heterocycles. The average molecular weight is 438 g/mol. The fourth-order valence-electron chi connectivity index (χ4n) is 4.34. The molecule has 5 heterocycles. The summed E-state index contributed by atoms with van der Waals surface area (Å²) in [4.78, 5) is 24.7. The van der Waals surface area contributed by atoms with Crippen LogP contribution in [0.5, 0.6) is 0 Å². The van der Waals surface area contributed by atoms with Crippen LogP contribution in [-0.4, -0.2) is 77.9 Å². The highest BCUT2D eigenvalue weighted by molar-refractivity contribution is 7.92. The molecule has 3 saturated heterocycles. The Bertz CT molecular complexity index is 779. The molecule has 0 saturated carbocycles.